The van der Waals surface area contributed by atoms with Gasteiger partial charge in [0, 0.05) is 9.79 Å². The molecule has 0 aliphatic carbocycles. The smallest absolute Gasteiger partial charge is 0.0994 e. The van der Waals surface area contributed by atoms with Gasteiger partial charge in [-0.15, -0.1) is 0 Å². The Balaban J connectivity index is 2.29. The fourth-order valence-corrected chi connectivity index (χ4v) is 2.62. The lowest BCUT2D eigenvalue weighted by atomic mass is 10.1. The summed E-state index contributed by atoms with van der Waals surface area (Å²) in [6.07, 6.45) is 0. The van der Waals surface area contributed by atoms with E-state index in [1.54, 1.807) is 11.8 Å². The minimum Gasteiger partial charge on any atom is -0.192 e. The largest absolute Gasteiger partial charge is 0.192 e. The highest BCUT2D eigenvalue weighted by molar-refractivity contribution is 7.99. The fraction of sp³-hybridized carbons (Fsp3) is 0.133. The van der Waals surface area contributed by atoms with Gasteiger partial charge in [0.25, 0.3) is 0 Å². The molecule has 0 saturated carbocycles. The van der Waals surface area contributed by atoms with Gasteiger partial charge >= 0.3 is 0 Å². The maximum absolute atomic E-state index is 8.89. The lowest BCUT2D eigenvalue weighted by Gasteiger charge is -2.06. The molecule has 1 nitrogen and oxygen atoms in total. The monoisotopic (exact) mass is 239 g/mol. The van der Waals surface area contributed by atoms with E-state index in [1.165, 1.54) is 15.4 Å². The molecule has 2 aromatic carbocycles. The van der Waals surface area contributed by atoms with Crippen LogP contribution in [0.3, 0.4) is 0 Å². The molecular weight excluding hydrogens is 226 g/mol. The van der Waals surface area contributed by atoms with Crippen molar-refractivity contribution in [2.24, 2.45) is 0 Å². The number of nitriles is 1. The highest BCUT2D eigenvalue weighted by Crippen LogP contribution is 2.30. The van der Waals surface area contributed by atoms with Gasteiger partial charge in [0.15, 0.2) is 0 Å². The molecule has 0 spiro atoms. The van der Waals surface area contributed by atoms with E-state index in [0.717, 1.165) is 11.1 Å². The second-order valence-electron chi connectivity index (χ2n) is 3.96. The second kappa shape index (κ2) is 5.07. The van der Waals surface area contributed by atoms with E-state index in [-0.39, 0.29) is 0 Å². The van der Waals surface area contributed by atoms with E-state index in [9.17, 15) is 0 Å². The lowest BCUT2D eigenvalue weighted by molar-refractivity contribution is 1.28. The van der Waals surface area contributed by atoms with Crippen molar-refractivity contribution in [2.75, 3.05) is 0 Å². The molecule has 0 aliphatic rings. The van der Waals surface area contributed by atoms with Crippen LogP contribution in [0, 0.1) is 25.2 Å². The Morgan fingerprint density at radius 2 is 1.76 bits per heavy atom. The van der Waals surface area contributed by atoms with Crippen molar-refractivity contribution in [2.45, 2.75) is 23.6 Å². The highest BCUT2D eigenvalue weighted by Gasteiger charge is 2.03. The summed E-state index contributed by atoms with van der Waals surface area (Å²) in [5.74, 6) is 0. The molecule has 0 saturated heterocycles. The van der Waals surface area contributed by atoms with Gasteiger partial charge in [0.1, 0.15) is 0 Å². The third-order valence-corrected chi connectivity index (χ3v) is 3.81. The molecule has 0 radical (unpaired) electrons. The third-order valence-electron chi connectivity index (χ3n) is 2.64. The van der Waals surface area contributed by atoms with E-state index in [1.807, 2.05) is 31.2 Å². The van der Waals surface area contributed by atoms with Crippen LogP contribution in [-0.4, -0.2) is 0 Å². The summed E-state index contributed by atoms with van der Waals surface area (Å²) < 4.78 is 0. The number of hydrogen-bond acceptors (Lipinski definition) is 2. The zero-order chi connectivity index (χ0) is 12.3. The molecule has 0 N–H and O–H groups in total. The Hall–Kier alpha value is -1.72. The van der Waals surface area contributed by atoms with E-state index in [4.69, 9.17) is 5.26 Å². The molecule has 0 atom stereocenters. The first-order valence-electron chi connectivity index (χ1n) is 5.45. The summed E-state index contributed by atoms with van der Waals surface area (Å²) in [5, 5.41) is 8.89. The highest BCUT2D eigenvalue weighted by atomic mass is 32.2. The summed E-state index contributed by atoms with van der Waals surface area (Å²) in [4.78, 5) is 2.44. The second-order valence-corrected chi connectivity index (χ2v) is 5.07. The van der Waals surface area contributed by atoms with Crippen molar-refractivity contribution >= 4 is 11.8 Å². The third kappa shape index (κ3) is 2.69. The van der Waals surface area contributed by atoms with Crippen molar-refractivity contribution in [3.63, 3.8) is 0 Å². The Morgan fingerprint density at radius 3 is 2.41 bits per heavy atom. The van der Waals surface area contributed by atoms with Crippen molar-refractivity contribution in [1.82, 2.24) is 0 Å². The lowest BCUT2D eigenvalue weighted by Crippen LogP contribution is -1.83. The van der Waals surface area contributed by atoms with Gasteiger partial charge in [0.2, 0.25) is 0 Å². The summed E-state index contributed by atoms with van der Waals surface area (Å²) in [6, 6.07) is 16.5. The molecular formula is C15H13NS. The molecule has 17 heavy (non-hydrogen) atoms. The van der Waals surface area contributed by atoms with Crippen LogP contribution >= 0.6 is 11.8 Å². The number of hydrogen-bond donors (Lipinski definition) is 0. The molecule has 0 unspecified atom stereocenters. The normalized spacial score (nSPS) is 9.94. The zero-order valence-electron chi connectivity index (χ0n) is 9.90. The number of benzene rings is 2. The molecule has 0 aliphatic heterocycles. The van der Waals surface area contributed by atoms with Gasteiger partial charge in [-0.3, -0.25) is 0 Å². The Labute approximate surface area is 106 Å². The summed E-state index contributed by atoms with van der Waals surface area (Å²) in [7, 11) is 0. The zero-order valence-corrected chi connectivity index (χ0v) is 10.7. The SMILES string of the molecule is Cc1cc(Sc2ccccc2C)ccc1C#N. The Morgan fingerprint density at radius 1 is 1.00 bits per heavy atom. The van der Waals surface area contributed by atoms with Crippen molar-refractivity contribution < 1.29 is 0 Å². The topological polar surface area (TPSA) is 23.8 Å². The first-order valence-corrected chi connectivity index (χ1v) is 6.26. The van der Waals surface area contributed by atoms with Gasteiger partial charge in [-0.2, -0.15) is 5.26 Å². The average Bonchev–Trinajstić information content (AvgIpc) is 2.32. The van der Waals surface area contributed by atoms with Crippen LogP contribution in [0.4, 0.5) is 0 Å². The van der Waals surface area contributed by atoms with E-state index >= 15 is 0 Å². The van der Waals surface area contributed by atoms with Crippen molar-refractivity contribution in [3.8, 4) is 6.07 Å². The summed E-state index contributed by atoms with van der Waals surface area (Å²) in [6.45, 7) is 4.08. The van der Waals surface area contributed by atoms with E-state index in [2.05, 4.69) is 31.2 Å². The van der Waals surface area contributed by atoms with Crippen LogP contribution in [-0.2, 0) is 0 Å². The van der Waals surface area contributed by atoms with Gasteiger partial charge in [-0.1, -0.05) is 30.0 Å². The van der Waals surface area contributed by atoms with Crippen LogP contribution in [0.2, 0.25) is 0 Å². The fourth-order valence-electron chi connectivity index (χ4n) is 1.62. The van der Waals surface area contributed by atoms with Crippen molar-refractivity contribution in [1.29, 1.82) is 5.26 Å². The Bertz CT molecular complexity index is 582. The van der Waals surface area contributed by atoms with Crippen LogP contribution in [0.5, 0.6) is 0 Å². The predicted octanol–water partition coefficient (Wildman–Crippen LogP) is 4.33. The number of nitrogens with zero attached hydrogens (tertiary/aromatic N) is 1. The maximum atomic E-state index is 8.89. The summed E-state index contributed by atoms with van der Waals surface area (Å²) >= 11 is 1.74. The first kappa shape index (κ1) is 11.8. The van der Waals surface area contributed by atoms with Crippen LogP contribution in [0.25, 0.3) is 0 Å². The maximum Gasteiger partial charge on any atom is 0.0994 e. The molecule has 2 heteroatoms. The molecule has 0 amide bonds. The molecule has 0 heterocycles. The first-order chi connectivity index (χ1) is 8.20. The number of aryl methyl sites for hydroxylation is 2. The van der Waals surface area contributed by atoms with Crippen molar-refractivity contribution in [3.05, 3.63) is 59.2 Å². The van der Waals surface area contributed by atoms with Gasteiger partial charge in [-0.05, 0) is 49.2 Å². The minimum absolute atomic E-state index is 0.749. The number of rotatable bonds is 2. The molecule has 0 bridgehead atoms. The van der Waals surface area contributed by atoms with Crippen LogP contribution in [0.15, 0.2) is 52.3 Å². The molecule has 84 valence electrons. The van der Waals surface area contributed by atoms with Crippen LogP contribution < -0.4 is 0 Å². The van der Waals surface area contributed by atoms with Gasteiger partial charge < -0.3 is 0 Å². The standard InChI is InChI=1S/C15H13NS/c1-11-5-3-4-6-15(11)17-14-8-7-13(10-16)12(2)9-14/h3-9H,1-2H3. The summed E-state index contributed by atoms with van der Waals surface area (Å²) in [5.41, 5.74) is 3.06. The molecule has 0 aromatic heterocycles. The average molecular weight is 239 g/mol. The van der Waals surface area contributed by atoms with Gasteiger partial charge in [-0.25, -0.2) is 0 Å². The van der Waals surface area contributed by atoms with Gasteiger partial charge in [0.05, 0.1) is 11.6 Å². The Kier molecular flexibility index (Phi) is 3.51. The molecule has 2 rings (SSSR count). The van der Waals surface area contributed by atoms with E-state index in [0.29, 0.717) is 0 Å². The predicted molar refractivity (Wildman–Crippen MR) is 71.2 cm³/mol. The van der Waals surface area contributed by atoms with E-state index < -0.39 is 0 Å². The van der Waals surface area contributed by atoms with Crippen LogP contribution in [0.1, 0.15) is 16.7 Å². The molecule has 0 fully saturated rings. The minimum atomic E-state index is 0.749. The molecule has 2 aromatic rings. The quantitative estimate of drug-likeness (QED) is 0.779.